The number of halogens is 2. The Morgan fingerprint density at radius 1 is 1.03 bits per heavy atom. The van der Waals surface area contributed by atoms with Crippen LogP contribution in [0.5, 0.6) is 0 Å². The molecule has 0 amide bonds. The second-order valence-corrected chi connectivity index (χ2v) is 9.03. The van der Waals surface area contributed by atoms with Crippen molar-refractivity contribution in [2.75, 3.05) is 19.8 Å². The van der Waals surface area contributed by atoms with Crippen LogP contribution < -0.4 is 5.56 Å². The third-order valence-corrected chi connectivity index (χ3v) is 7.00. The van der Waals surface area contributed by atoms with Gasteiger partial charge in [-0.3, -0.25) is 4.79 Å². The van der Waals surface area contributed by atoms with E-state index in [9.17, 15) is 13.6 Å². The summed E-state index contributed by atoms with van der Waals surface area (Å²) in [7, 11) is 0. The van der Waals surface area contributed by atoms with Crippen LogP contribution >= 0.6 is 0 Å². The summed E-state index contributed by atoms with van der Waals surface area (Å²) >= 11 is 0. The van der Waals surface area contributed by atoms with Gasteiger partial charge in [-0.2, -0.15) is 0 Å². The Bertz CT molecular complexity index is 1250. The normalized spacial score (nSPS) is 22.1. The molecule has 3 aromatic rings. The molecule has 2 fully saturated rings. The molecular weight excluding hydrogens is 428 g/mol. The Balaban J connectivity index is 1.63. The zero-order chi connectivity index (χ0) is 23.1. The minimum absolute atomic E-state index is 0.0726. The maximum absolute atomic E-state index is 14.8. The predicted octanol–water partition coefficient (Wildman–Crippen LogP) is 4.34. The van der Waals surface area contributed by atoms with Crippen LogP contribution in [0.25, 0.3) is 17.0 Å². The fourth-order valence-electron chi connectivity index (χ4n) is 4.94. The molecule has 0 saturated carbocycles. The number of nitrogens with zero attached hydrogens (tertiary/aromatic N) is 3. The summed E-state index contributed by atoms with van der Waals surface area (Å²) in [6.45, 7) is 5.59. The molecule has 2 atom stereocenters. The van der Waals surface area contributed by atoms with Crippen molar-refractivity contribution in [3.63, 3.8) is 0 Å². The van der Waals surface area contributed by atoms with E-state index in [2.05, 4.69) is 4.98 Å². The molecule has 2 unspecified atom stereocenters. The van der Waals surface area contributed by atoms with E-state index in [1.807, 2.05) is 6.07 Å². The van der Waals surface area contributed by atoms with Gasteiger partial charge in [-0.1, -0.05) is 0 Å². The molecule has 8 heteroatoms. The molecule has 0 radical (unpaired) electrons. The quantitative estimate of drug-likeness (QED) is 0.588. The lowest BCUT2D eigenvalue weighted by molar-refractivity contribution is -0.0615. The number of fused-ring (bicyclic) bond motifs is 1. The van der Waals surface area contributed by atoms with Crippen LogP contribution in [0.2, 0.25) is 0 Å². The average Bonchev–Trinajstić information content (AvgIpc) is 2.82. The van der Waals surface area contributed by atoms with Crippen molar-refractivity contribution in [2.45, 2.75) is 51.6 Å². The smallest absolute Gasteiger partial charge is 0.262 e. The molecular formula is C25H27F2N3O3. The summed E-state index contributed by atoms with van der Waals surface area (Å²) in [5.41, 5.74) is 2.03. The van der Waals surface area contributed by atoms with Gasteiger partial charge in [0.25, 0.3) is 5.56 Å². The highest BCUT2D eigenvalue weighted by Crippen LogP contribution is 2.36. The fraction of sp³-hybridized carbons (Fsp3) is 0.480. The molecule has 5 rings (SSSR count). The summed E-state index contributed by atoms with van der Waals surface area (Å²) in [6.07, 6.45) is 3.65. The SMILES string of the molecule is Cc1nc2cc(C3CCOC(C4CCOCC4)C3)nc(-c3ccc(F)cc3F)n2c(=O)c1C. The predicted molar refractivity (Wildman–Crippen MR) is 119 cm³/mol. The van der Waals surface area contributed by atoms with Crippen LogP contribution in [0, 0.1) is 31.4 Å². The molecule has 2 aliphatic rings. The maximum Gasteiger partial charge on any atom is 0.262 e. The molecule has 6 nitrogen and oxygen atoms in total. The van der Waals surface area contributed by atoms with Gasteiger partial charge in [0.15, 0.2) is 5.82 Å². The summed E-state index contributed by atoms with van der Waals surface area (Å²) in [5, 5.41) is 0. The van der Waals surface area contributed by atoms with Crippen LogP contribution in [0.1, 0.15) is 48.6 Å². The largest absolute Gasteiger partial charge is 0.381 e. The zero-order valence-electron chi connectivity index (χ0n) is 18.8. The highest BCUT2D eigenvalue weighted by atomic mass is 19.1. The molecule has 1 aromatic carbocycles. The number of rotatable bonds is 3. The van der Waals surface area contributed by atoms with E-state index in [4.69, 9.17) is 14.5 Å². The molecule has 0 spiro atoms. The minimum Gasteiger partial charge on any atom is -0.381 e. The molecule has 0 bridgehead atoms. The van der Waals surface area contributed by atoms with E-state index < -0.39 is 11.6 Å². The first-order valence-electron chi connectivity index (χ1n) is 11.5. The van der Waals surface area contributed by atoms with Crippen molar-refractivity contribution in [1.29, 1.82) is 0 Å². The van der Waals surface area contributed by atoms with E-state index in [0.29, 0.717) is 29.4 Å². The molecule has 4 heterocycles. The Labute approximate surface area is 190 Å². The van der Waals surface area contributed by atoms with Crippen LogP contribution in [-0.2, 0) is 9.47 Å². The Hall–Kier alpha value is -2.71. The minimum atomic E-state index is -0.766. The Morgan fingerprint density at radius 3 is 2.58 bits per heavy atom. The first kappa shape index (κ1) is 22.1. The van der Waals surface area contributed by atoms with E-state index in [1.54, 1.807) is 13.8 Å². The number of hydrogen-bond donors (Lipinski definition) is 0. The standard InChI is InChI=1S/C25H27F2N3O3/c1-14-15(2)28-23-13-21(17-7-10-33-22(11-17)16-5-8-32-9-6-16)29-24(30(23)25(14)31)19-4-3-18(26)12-20(19)27/h3-4,12-13,16-17,22H,5-11H2,1-2H3. The lowest BCUT2D eigenvalue weighted by atomic mass is 9.83. The van der Waals surface area contributed by atoms with Crippen LogP contribution in [0.3, 0.4) is 0 Å². The average molecular weight is 456 g/mol. The molecule has 33 heavy (non-hydrogen) atoms. The van der Waals surface area contributed by atoms with E-state index >= 15 is 0 Å². The van der Waals surface area contributed by atoms with Gasteiger partial charge in [-0.05, 0) is 57.6 Å². The molecule has 2 saturated heterocycles. The van der Waals surface area contributed by atoms with Gasteiger partial charge in [-0.25, -0.2) is 23.1 Å². The van der Waals surface area contributed by atoms with Crippen molar-refractivity contribution in [2.24, 2.45) is 5.92 Å². The van der Waals surface area contributed by atoms with Crippen molar-refractivity contribution in [3.8, 4) is 11.4 Å². The van der Waals surface area contributed by atoms with Gasteiger partial charge < -0.3 is 9.47 Å². The summed E-state index contributed by atoms with van der Waals surface area (Å²) in [6, 6.07) is 5.14. The van der Waals surface area contributed by atoms with E-state index in [1.165, 1.54) is 16.5 Å². The van der Waals surface area contributed by atoms with Gasteiger partial charge in [0, 0.05) is 54.8 Å². The first-order valence-corrected chi connectivity index (χ1v) is 11.5. The number of aryl methyl sites for hydroxylation is 1. The summed E-state index contributed by atoms with van der Waals surface area (Å²) < 4.78 is 41.3. The van der Waals surface area contributed by atoms with Crippen molar-refractivity contribution in [1.82, 2.24) is 14.4 Å². The number of ether oxygens (including phenoxy) is 2. The van der Waals surface area contributed by atoms with Gasteiger partial charge in [0.05, 0.1) is 11.7 Å². The van der Waals surface area contributed by atoms with Crippen molar-refractivity contribution < 1.29 is 18.3 Å². The van der Waals surface area contributed by atoms with Crippen LogP contribution in [0.4, 0.5) is 8.78 Å². The van der Waals surface area contributed by atoms with Crippen molar-refractivity contribution >= 4 is 5.65 Å². The lowest BCUT2D eigenvalue weighted by Gasteiger charge is -2.36. The number of aromatic nitrogens is 3. The maximum atomic E-state index is 14.8. The molecule has 2 aliphatic heterocycles. The van der Waals surface area contributed by atoms with E-state index in [-0.39, 0.29) is 29.0 Å². The highest BCUT2D eigenvalue weighted by Gasteiger charge is 2.32. The monoisotopic (exact) mass is 455 g/mol. The lowest BCUT2D eigenvalue weighted by Crippen LogP contribution is -2.35. The molecule has 0 aliphatic carbocycles. The number of benzene rings is 1. The Kier molecular flexibility index (Phi) is 5.97. The zero-order valence-corrected chi connectivity index (χ0v) is 18.8. The molecule has 0 N–H and O–H groups in total. The summed E-state index contributed by atoms with van der Waals surface area (Å²) in [4.78, 5) is 22.5. The molecule has 2 aromatic heterocycles. The second kappa shape index (κ2) is 8.91. The van der Waals surface area contributed by atoms with Crippen LogP contribution in [0.15, 0.2) is 29.1 Å². The molecule has 174 valence electrons. The highest BCUT2D eigenvalue weighted by molar-refractivity contribution is 5.61. The van der Waals surface area contributed by atoms with Gasteiger partial charge in [0.2, 0.25) is 0 Å². The van der Waals surface area contributed by atoms with Crippen LogP contribution in [-0.4, -0.2) is 40.3 Å². The third-order valence-electron chi connectivity index (χ3n) is 7.00. The number of hydrogen-bond acceptors (Lipinski definition) is 5. The topological polar surface area (TPSA) is 65.7 Å². The first-order chi connectivity index (χ1) is 15.9. The second-order valence-electron chi connectivity index (χ2n) is 9.03. The van der Waals surface area contributed by atoms with Crippen molar-refractivity contribution in [3.05, 3.63) is 63.2 Å². The van der Waals surface area contributed by atoms with Gasteiger partial charge >= 0.3 is 0 Å². The third kappa shape index (κ3) is 4.17. The fourth-order valence-corrected chi connectivity index (χ4v) is 4.94. The Morgan fingerprint density at radius 2 is 1.82 bits per heavy atom. The van der Waals surface area contributed by atoms with Gasteiger partial charge in [-0.15, -0.1) is 0 Å². The summed E-state index contributed by atoms with van der Waals surface area (Å²) in [5.74, 6) is -0.759. The van der Waals surface area contributed by atoms with Gasteiger partial charge in [0.1, 0.15) is 17.3 Å². The van der Waals surface area contributed by atoms with E-state index in [0.717, 1.165) is 50.7 Å².